The second-order valence-corrected chi connectivity index (χ2v) is 4.62. The normalized spacial score (nSPS) is 10.8. The number of aryl methyl sites for hydroxylation is 1. The van der Waals surface area contributed by atoms with Crippen molar-refractivity contribution in [2.45, 2.75) is 19.4 Å². The van der Waals surface area contributed by atoms with Crippen molar-refractivity contribution in [3.63, 3.8) is 0 Å². The van der Waals surface area contributed by atoms with Crippen LogP contribution >= 0.6 is 11.6 Å². The van der Waals surface area contributed by atoms with Crippen LogP contribution in [0.5, 0.6) is 0 Å². The van der Waals surface area contributed by atoms with Gasteiger partial charge in [-0.2, -0.15) is 5.10 Å². The SMILES string of the molecule is O=C(CCn1ncc2c(Cl)cccc21)NCCCO. The Labute approximate surface area is 116 Å². The number of rotatable bonds is 6. The molecule has 0 saturated heterocycles. The van der Waals surface area contributed by atoms with Crippen molar-refractivity contribution in [1.82, 2.24) is 15.1 Å². The number of hydrogen-bond donors (Lipinski definition) is 2. The largest absolute Gasteiger partial charge is 0.396 e. The van der Waals surface area contributed by atoms with Crippen molar-refractivity contribution in [2.75, 3.05) is 13.2 Å². The maximum atomic E-state index is 11.6. The second-order valence-electron chi connectivity index (χ2n) is 4.22. The van der Waals surface area contributed by atoms with Gasteiger partial charge in [0.1, 0.15) is 0 Å². The van der Waals surface area contributed by atoms with Gasteiger partial charge in [-0.25, -0.2) is 0 Å². The van der Waals surface area contributed by atoms with E-state index >= 15 is 0 Å². The molecule has 0 fully saturated rings. The molecule has 5 nitrogen and oxygen atoms in total. The third kappa shape index (κ3) is 3.45. The molecule has 0 aliphatic rings. The number of carbonyl (C=O) groups excluding carboxylic acids is 1. The number of nitrogens with one attached hydrogen (secondary N) is 1. The van der Waals surface area contributed by atoms with E-state index in [-0.39, 0.29) is 12.5 Å². The number of aromatic nitrogens is 2. The van der Waals surface area contributed by atoms with E-state index in [0.717, 1.165) is 10.9 Å². The van der Waals surface area contributed by atoms with E-state index in [1.807, 2.05) is 18.2 Å². The quantitative estimate of drug-likeness (QED) is 0.790. The van der Waals surface area contributed by atoms with Gasteiger partial charge in [0.25, 0.3) is 0 Å². The van der Waals surface area contributed by atoms with Gasteiger partial charge in [0, 0.05) is 25.0 Å². The highest BCUT2D eigenvalue weighted by Gasteiger charge is 2.07. The maximum absolute atomic E-state index is 11.6. The summed E-state index contributed by atoms with van der Waals surface area (Å²) >= 11 is 6.06. The number of nitrogens with zero attached hydrogens (tertiary/aromatic N) is 2. The predicted octanol–water partition coefficient (Wildman–Crippen LogP) is 1.58. The fraction of sp³-hybridized carbons (Fsp3) is 0.385. The first-order chi connectivity index (χ1) is 9.22. The third-order valence-electron chi connectivity index (χ3n) is 2.84. The molecule has 1 aromatic heterocycles. The van der Waals surface area contributed by atoms with Crippen LogP contribution in [0.15, 0.2) is 24.4 Å². The number of amides is 1. The van der Waals surface area contributed by atoms with Crippen LogP contribution in [-0.4, -0.2) is 33.9 Å². The molecule has 1 heterocycles. The lowest BCUT2D eigenvalue weighted by atomic mass is 10.2. The lowest BCUT2D eigenvalue weighted by Crippen LogP contribution is -2.26. The van der Waals surface area contributed by atoms with Crippen LogP contribution in [0, 0.1) is 0 Å². The first-order valence-electron chi connectivity index (χ1n) is 6.20. The first kappa shape index (κ1) is 13.8. The molecule has 0 radical (unpaired) electrons. The van der Waals surface area contributed by atoms with E-state index in [1.165, 1.54) is 0 Å². The molecular formula is C13H16ClN3O2. The smallest absolute Gasteiger partial charge is 0.221 e. The van der Waals surface area contributed by atoms with E-state index in [2.05, 4.69) is 10.4 Å². The molecule has 19 heavy (non-hydrogen) atoms. The lowest BCUT2D eigenvalue weighted by Gasteiger charge is -2.05. The van der Waals surface area contributed by atoms with E-state index in [9.17, 15) is 4.79 Å². The van der Waals surface area contributed by atoms with E-state index < -0.39 is 0 Å². The van der Waals surface area contributed by atoms with Gasteiger partial charge in [-0.05, 0) is 18.6 Å². The molecule has 6 heteroatoms. The molecule has 0 unspecified atom stereocenters. The Morgan fingerprint density at radius 3 is 3.11 bits per heavy atom. The summed E-state index contributed by atoms with van der Waals surface area (Å²) < 4.78 is 1.77. The Morgan fingerprint density at radius 2 is 2.32 bits per heavy atom. The summed E-state index contributed by atoms with van der Waals surface area (Å²) in [7, 11) is 0. The molecule has 0 aliphatic carbocycles. The number of carbonyl (C=O) groups is 1. The van der Waals surface area contributed by atoms with Gasteiger partial charge in [0.05, 0.1) is 23.3 Å². The first-order valence-corrected chi connectivity index (χ1v) is 6.58. The fourth-order valence-corrected chi connectivity index (χ4v) is 2.07. The average molecular weight is 282 g/mol. The van der Waals surface area contributed by atoms with Crippen molar-refractivity contribution < 1.29 is 9.90 Å². The topological polar surface area (TPSA) is 67.2 Å². The number of aliphatic hydroxyl groups is 1. The standard InChI is InChI=1S/C13H16ClN3O2/c14-11-3-1-4-12-10(11)9-16-17(12)7-5-13(19)15-6-2-8-18/h1,3-4,9,18H,2,5-8H2,(H,15,19). The van der Waals surface area contributed by atoms with Crippen LogP contribution in [0.3, 0.4) is 0 Å². The number of fused-ring (bicyclic) bond motifs is 1. The fourth-order valence-electron chi connectivity index (χ4n) is 1.85. The minimum atomic E-state index is -0.0425. The molecule has 102 valence electrons. The zero-order valence-corrected chi connectivity index (χ0v) is 11.2. The van der Waals surface area contributed by atoms with Crippen molar-refractivity contribution in [3.8, 4) is 0 Å². The van der Waals surface area contributed by atoms with Gasteiger partial charge in [-0.3, -0.25) is 9.48 Å². The summed E-state index contributed by atoms with van der Waals surface area (Å²) in [6, 6.07) is 5.61. The minimum Gasteiger partial charge on any atom is -0.396 e. The van der Waals surface area contributed by atoms with E-state index in [4.69, 9.17) is 16.7 Å². The van der Waals surface area contributed by atoms with Gasteiger partial charge in [0.2, 0.25) is 5.91 Å². The van der Waals surface area contributed by atoms with Crippen molar-refractivity contribution in [3.05, 3.63) is 29.4 Å². The summed E-state index contributed by atoms with van der Waals surface area (Å²) in [5.41, 5.74) is 0.927. The maximum Gasteiger partial charge on any atom is 0.221 e. The van der Waals surface area contributed by atoms with Crippen molar-refractivity contribution in [1.29, 1.82) is 0 Å². The zero-order chi connectivity index (χ0) is 13.7. The summed E-state index contributed by atoms with van der Waals surface area (Å²) in [5, 5.41) is 17.2. The van der Waals surface area contributed by atoms with E-state index in [1.54, 1.807) is 10.9 Å². The minimum absolute atomic E-state index is 0.0425. The molecule has 0 aliphatic heterocycles. The number of benzene rings is 1. The van der Waals surface area contributed by atoms with Gasteiger partial charge >= 0.3 is 0 Å². The lowest BCUT2D eigenvalue weighted by molar-refractivity contribution is -0.121. The molecule has 0 bridgehead atoms. The Morgan fingerprint density at radius 1 is 1.47 bits per heavy atom. The second kappa shape index (κ2) is 6.54. The number of halogens is 1. The van der Waals surface area contributed by atoms with Crippen molar-refractivity contribution >= 4 is 28.4 Å². The van der Waals surface area contributed by atoms with Crippen LogP contribution < -0.4 is 5.32 Å². The highest BCUT2D eigenvalue weighted by Crippen LogP contribution is 2.22. The van der Waals surface area contributed by atoms with Gasteiger partial charge in [0.15, 0.2) is 0 Å². The van der Waals surface area contributed by atoms with Crippen LogP contribution in [0.4, 0.5) is 0 Å². The molecule has 2 N–H and O–H groups in total. The predicted molar refractivity (Wildman–Crippen MR) is 74.1 cm³/mol. The molecule has 1 amide bonds. The third-order valence-corrected chi connectivity index (χ3v) is 3.17. The Bertz CT molecular complexity index is 568. The van der Waals surface area contributed by atoms with Crippen LogP contribution in [0.25, 0.3) is 10.9 Å². The average Bonchev–Trinajstić information content (AvgIpc) is 2.81. The molecule has 2 aromatic rings. The summed E-state index contributed by atoms with van der Waals surface area (Å²) in [5.74, 6) is -0.0425. The number of hydrogen-bond acceptors (Lipinski definition) is 3. The summed E-state index contributed by atoms with van der Waals surface area (Å²) in [4.78, 5) is 11.6. The van der Waals surface area contributed by atoms with Gasteiger partial charge in [-0.15, -0.1) is 0 Å². The van der Waals surface area contributed by atoms with Crippen LogP contribution in [0.1, 0.15) is 12.8 Å². The summed E-state index contributed by atoms with van der Waals surface area (Å²) in [6.07, 6.45) is 2.64. The van der Waals surface area contributed by atoms with Gasteiger partial charge < -0.3 is 10.4 Å². The Kier molecular flexibility index (Phi) is 4.76. The molecule has 2 rings (SSSR count). The molecule has 0 atom stereocenters. The molecule has 0 saturated carbocycles. The summed E-state index contributed by atoms with van der Waals surface area (Å²) in [6.45, 7) is 1.10. The Hall–Kier alpha value is -1.59. The highest BCUT2D eigenvalue weighted by molar-refractivity contribution is 6.35. The molecular weight excluding hydrogens is 266 g/mol. The number of aliphatic hydroxyl groups excluding tert-OH is 1. The van der Waals surface area contributed by atoms with Gasteiger partial charge in [-0.1, -0.05) is 17.7 Å². The monoisotopic (exact) mass is 281 g/mol. The molecule has 1 aromatic carbocycles. The van der Waals surface area contributed by atoms with Crippen molar-refractivity contribution in [2.24, 2.45) is 0 Å². The van der Waals surface area contributed by atoms with E-state index in [0.29, 0.717) is 31.0 Å². The zero-order valence-electron chi connectivity index (χ0n) is 10.5. The highest BCUT2D eigenvalue weighted by atomic mass is 35.5. The Balaban J connectivity index is 1.95. The molecule has 0 spiro atoms. The van der Waals surface area contributed by atoms with Crippen LogP contribution in [0.2, 0.25) is 5.02 Å². The van der Waals surface area contributed by atoms with Crippen LogP contribution in [-0.2, 0) is 11.3 Å².